The van der Waals surface area contributed by atoms with Crippen molar-refractivity contribution < 1.29 is 23.0 Å². The first-order chi connectivity index (χ1) is 12.4. The van der Waals surface area contributed by atoms with Crippen LogP contribution in [0.3, 0.4) is 0 Å². The van der Waals surface area contributed by atoms with Crippen molar-refractivity contribution in [2.24, 2.45) is 11.8 Å². The van der Waals surface area contributed by atoms with E-state index in [4.69, 9.17) is 9.47 Å². The third kappa shape index (κ3) is 3.20. The number of fused-ring (bicyclic) bond motifs is 1. The molecule has 3 rings (SSSR count). The van der Waals surface area contributed by atoms with Crippen LogP contribution in [0.2, 0.25) is 0 Å². The Labute approximate surface area is 152 Å². The molecule has 0 aromatic heterocycles. The van der Waals surface area contributed by atoms with Gasteiger partial charge in [0.1, 0.15) is 5.82 Å². The summed E-state index contributed by atoms with van der Waals surface area (Å²) >= 11 is 0. The lowest BCUT2D eigenvalue weighted by molar-refractivity contribution is -0.123. The molecule has 1 fully saturated rings. The van der Waals surface area contributed by atoms with E-state index in [2.05, 4.69) is 6.58 Å². The van der Waals surface area contributed by atoms with Gasteiger partial charge in [-0.05, 0) is 54.9 Å². The third-order valence-electron chi connectivity index (χ3n) is 5.64. The van der Waals surface area contributed by atoms with E-state index < -0.39 is 17.2 Å². The number of carbonyl (C=O) groups is 1. The zero-order valence-corrected chi connectivity index (χ0v) is 15.2. The normalized spacial score (nSPS) is 26.2. The molecule has 1 aliphatic carbocycles. The number of benzene rings is 1. The molecular weight excluding hydrogens is 338 g/mol. The number of allylic oxidation sites excluding steroid dienone is 2. The molecule has 5 heteroatoms. The van der Waals surface area contributed by atoms with Crippen molar-refractivity contribution >= 4 is 5.78 Å². The molecule has 1 aromatic carbocycles. The highest BCUT2D eigenvalue weighted by atomic mass is 19.1. The lowest BCUT2D eigenvalue weighted by Gasteiger charge is -2.41. The fourth-order valence-electron chi connectivity index (χ4n) is 4.23. The predicted octanol–water partition coefficient (Wildman–Crippen LogP) is 4.40. The molecule has 140 valence electrons. The second-order valence-electron chi connectivity index (χ2n) is 7.17. The van der Waals surface area contributed by atoms with Gasteiger partial charge in [0.05, 0.1) is 19.3 Å². The summed E-state index contributed by atoms with van der Waals surface area (Å²) in [6, 6.07) is 2.26. The molecule has 0 spiro atoms. The Balaban J connectivity index is 1.89. The minimum absolute atomic E-state index is 0.0982. The Bertz CT molecular complexity index is 756. The predicted molar refractivity (Wildman–Crippen MR) is 95.1 cm³/mol. The molecule has 0 amide bonds. The molecule has 3 atom stereocenters. The maximum atomic E-state index is 14.4. The van der Waals surface area contributed by atoms with Gasteiger partial charge in [-0.1, -0.05) is 13.0 Å². The van der Waals surface area contributed by atoms with Crippen molar-refractivity contribution in [3.05, 3.63) is 53.6 Å². The van der Waals surface area contributed by atoms with Gasteiger partial charge in [0.15, 0.2) is 17.3 Å². The quantitative estimate of drug-likeness (QED) is 0.704. The van der Waals surface area contributed by atoms with E-state index in [0.717, 1.165) is 11.6 Å². The van der Waals surface area contributed by atoms with E-state index in [0.29, 0.717) is 32.3 Å². The van der Waals surface area contributed by atoms with Crippen LogP contribution in [-0.2, 0) is 16.0 Å². The van der Waals surface area contributed by atoms with Gasteiger partial charge >= 0.3 is 0 Å². The van der Waals surface area contributed by atoms with Gasteiger partial charge in [0, 0.05) is 12.0 Å². The molecular formula is C21H24F2O3. The number of ketones is 1. The summed E-state index contributed by atoms with van der Waals surface area (Å²) in [6.07, 6.45) is 5.62. The standard InChI is InChI=1S/C21H24F2O3/c1-4-5-14-12-21(16(6-7-26-21)10-19(14)24)13(2)8-15-9-18(23)20(25-3)11-17(15)22/h4,9-11,13-14H,1,5-8,12H2,2-3H3/t13?,14-,21+/m1/s1. The van der Waals surface area contributed by atoms with Gasteiger partial charge in [0.25, 0.3) is 0 Å². The van der Waals surface area contributed by atoms with E-state index >= 15 is 0 Å². The Morgan fingerprint density at radius 1 is 1.42 bits per heavy atom. The van der Waals surface area contributed by atoms with Crippen molar-refractivity contribution in [1.82, 2.24) is 0 Å². The highest BCUT2D eigenvalue weighted by Gasteiger charge is 2.49. The number of halogens is 2. The lowest BCUT2D eigenvalue weighted by atomic mass is 9.68. The zero-order chi connectivity index (χ0) is 18.9. The number of hydrogen-bond acceptors (Lipinski definition) is 3. The van der Waals surface area contributed by atoms with Crippen molar-refractivity contribution in [3.63, 3.8) is 0 Å². The van der Waals surface area contributed by atoms with Gasteiger partial charge in [-0.25, -0.2) is 8.78 Å². The van der Waals surface area contributed by atoms with Crippen LogP contribution < -0.4 is 4.74 Å². The van der Waals surface area contributed by atoms with Crippen molar-refractivity contribution in [2.45, 2.75) is 38.2 Å². The monoisotopic (exact) mass is 362 g/mol. The molecule has 26 heavy (non-hydrogen) atoms. The summed E-state index contributed by atoms with van der Waals surface area (Å²) < 4.78 is 39.3. The number of ether oxygens (including phenoxy) is 2. The first kappa shape index (κ1) is 18.8. The fourth-order valence-corrected chi connectivity index (χ4v) is 4.23. The minimum Gasteiger partial charge on any atom is -0.494 e. The van der Waals surface area contributed by atoms with E-state index in [-0.39, 0.29) is 28.9 Å². The molecule has 0 radical (unpaired) electrons. The second-order valence-corrected chi connectivity index (χ2v) is 7.17. The number of carbonyl (C=O) groups excluding carboxylic acids is 1. The summed E-state index contributed by atoms with van der Waals surface area (Å²) in [7, 11) is 1.31. The molecule has 2 aliphatic rings. The third-order valence-corrected chi connectivity index (χ3v) is 5.64. The lowest BCUT2D eigenvalue weighted by Crippen LogP contribution is -2.44. The second kappa shape index (κ2) is 7.31. The van der Waals surface area contributed by atoms with Crippen LogP contribution in [0.1, 0.15) is 31.7 Å². The van der Waals surface area contributed by atoms with Gasteiger partial charge in [-0.15, -0.1) is 6.58 Å². The van der Waals surface area contributed by atoms with E-state index in [1.165, 1.54) is 13.2 Å². The molecule has 0 bridgehead atoms. The topological polar surface area (TPSA) is 35.5 Å². The van der Waals surface area contributed by atoms with Crippen molar-refractivity contribution in [3.8, 4) is 5.75 Å². The van der Waals surface area contributed by atoms with Crippen LogP contribution in [0.4, 0.5) is 8.78 Å². The maximum absolute atomic E-state index is 14.4. The first-order valence-corrected chi connectivity index (χ1v) is 8.93. The number of hydrogen-bond donors (Lipinski definition) is 0. The molecule has 3 nitrogen and oxygen atoms in total. The summed E-state index contributed by atoms with van der Waals surface area (Å²) in [5.74, 6) is -1.35. The van der Waals surface area contributed by atoms with E-state index in [1.54, 1.807) is 12.2 Å². The van der Waals surface area contributed by atoms with Crippen LogP contribution in [0.5, 0.6) is 5.75 Å². The van der Waals surface area contributed by atoms with Crippen LogP contribution in [0.25, 0.3) is 0 Å². The Hall–Kier alpha value is -2.01. The molecule has 1 saturated heterocycles. The van der Waals surface area contributed by atoms with Crippen molar-refractivity contribution in [2.75, 3.05) is 13.7 Å². The van der Waals surface area contributed by atoms with Crippen LogP contribution in [-0.4, -0.2) is 25.1 Å². The summed E-state index contributed by atoms with van der Waals surface area (Å²) in [5.41, 5.74) is 0.673. The zero-order valence-electron chi connectivity index (χ0n) is 15.2. The summed E-state index contributed by atoms with van der Waals surface area (Å²) in [5, 5.41) is 0. The summed E-state index contributed by atoms with van der Waals surface area (Å²) in [4.78, 5) is 12.3. The van der Waals surface area contributed by atoms with E-state index in [1.807, 2.05) is 6.92 Å². The largest absolute Gasteiger partial charge is 0.494 e. The van der Waals surface area contributed by atoms with Gasteiger partial charge < -0.3 is 9.47 Å². The maximum Gasteiger partial charge on any atom is 0.165 e. The van der Waals surface area contributed by atoms with Gasteiger partial charge in [-0.3, -0.25) is 4.79 Å². The Morgan fingerprint density at radius 2 is 2.19 bits per heavy atom. The molecule has 0 N–H and O–H groups in total. The SMILES string of the molecule is C=CC[C@@H]1C[C@@]2(C(C)Cc3cc(F)c(OC)cc3F)OCCC2=CC1=O. The molecule has 1 heterocycles. The Kier molecular flexibility index (Phi) is 5.28. The highest BCUT2D eigenvalue weighted by molar-refractivity contribution is 5.94. The average molecular weight is 362 g/mol. The average Bonchev–Trinajstić information content (AvgIpc) is 3.02. The number of rotatable bonds is 6. The van der Waals surface area contributed by atoms with Crippen LogP contribution in [0.15, 0.2) is 36.4 Å². The van der Waals surface area contributed by atoms with Crippen LogP contribution in [0, 0.1) is 23.5 Å². The highest BCUT2D eigenvalue weighted by Crippen LogP contribution is 2.47. The van der Waals surface area contributed by atoms with Gasteiger partial charge in [-0.2, -0.15) is 0 Å². The number of methoxy groups -OCH3 is 1. The van der Waals surface area contributed by atoms with Gasteiger partial charge in [0.2, 0.25) is 0 Å². The van der Waals surface area contributed by atoms with Crippen molar-refractivity contribution in [1.29, 1.82) is 0 Å². The molecule has 1 unspecified atom stereocenters. The Morgan fingerprint density at radius 3 is 2.88 bits per heavy atom. The minimum atomic E-state index is -0.593. The molecule has 1 aliphatic heterocycles. The van der Waals surface area contributed by atoms with Crippen LogP contribution >= 0.6 is 0 Å². The molecule has 1 aromatic rings. The molecule has 0 saturated carbocycles. The van der Waals surface area contributed by atoms with E-state index in [9.17, 15) is 13.6 Å². The fraction of sp³-hybridized carbons (Fsp3) is 0.476. The first-order valence-electron chi connectivity index (χ1n) is 8.93. The smallest absolute Gasteiger partial charge is 0.165 e. The summed E-state index contributed by atoms with van der Waals surface area (Å²) in [6.45, 7) is 6.25.